The lowest BCUT2D eigenvalue weighted by molar-refractivity contribution is 0.217. The van der Waals surface area contributed by atoms with Crippen LogP contribution in [0.15, 0.2) is 42.5 Å². The maximum Gasteiger partial charge on any atom is 0.149 e. The highest BCUT2D eigenvalue weighted by atomic mass is 19.1. The minimum Gasteiger partial charge on any atom is -0.493 e. The van der Waals surface area contributed by atoms with Gasteiger partial charge in [-0.25, -0.2) is 4.39 Å². The zero-order valence-electron chi connectivity index (χ0n) is 11.0. The van der Waals surface area contributed by atoms with Crippen LogP contribution in [0.2, 0.25) is 0 Å². The van der Waals surface area contributed by atoms with E-state index in [0.717, 1.165) is 17.7 Å². The topological polar surface area (TPSA) is 44.5 Å². The summed E-state index contributed by atoms with van der Waals surface area (Å²) in [5.41, 5.74) is 6.72. The van der Waals surface area contributed by atoms with Gasteiger partial charge < -0.3 is 15.2 Å². The Kier molecular flexibility index (Phi) is 3.46. The molecule has 1 unspecified atom stereocenters. The summed E-state index contributed by atoms with van der Waals surface area (Å²) in [5, 5.41) is 0. The zero-order valence-corrected chi connectivity index (χ0v) is 11.0. The van der Waals surface area contributed by atoms with E-state index in [1.807, 2.05) is 24.3 Å². The smallest absolute Gasteiger partial charge is 0.149 e. The SMILES string of the molecule is Nc1ccc(OCC2CCOc3ccccc32)cc1F. The lowest BCUT2D eigenvalue weighted by Gasteiger charge is -2.25. The van der Waals surface area contributed by atoms with Crippen molar-refractivity contribution in [3.8, 4) is 11.5 Å². The van der Waals surface area contributed by atoms with Crippen molar-refractivity contribution in [3.63, 3.8) is 0 Å². The molecule has 1 aliphatic heterocycles. The molecule has 0 saturated heterocycles. The molecule has 0 aromatic heterocycles. The van der Waals surface area contributed by atoms with Crippen LogP contribution in [0, 0.1) is 5.82 Å². The minimum absolute atomic E-state index is 0.133. The van der Waals surface area contributed by atoms with Gasteiger partial charge in [0.2, 0.25) is 0 Å². The van der Waals surface area contributed by atoms with Crippen LogP contribution in [-0.2, 0) is 0 Å². The van der Waals surface area contributed by atoms with Crippen LogP contribution in [0.25, 0.3) is 0 Å². The van der Waals surface area contributed by atoms with Gasteiger partial charge in [-0.2, -0.15) is 0 Å². The van der Waals surface area contributed by atoms with Crippen LogP contribution in [0.5, 0.6) is 11.5 Å². The van der Waals surface area contributed by atoms with Crippen LogP contribution in [-0.4, -0.2) is 13.2 Å². The maximum absolute atomic E-state index is 13.4. The molecule has 0 spiro atoms. The molecule has 0 fully saturated rings. The first-order valence-electron chi connectivity index (χ1n) is 6.63. The molecule has 1 aliphatic rings. The van der Waals surface area contributed by atoms with E-state index in [-0.39, 0.29) is 11.6 Å². The van der Waals surface area contributed by atoms with E-state index < -0.39 is 5.82 Å². The quantitative estimate of drug-likeness (QED) is 0.872. The number of para-hydroxylation sites is 1. The molecule has 1 atom stereocenters. The molecule has 1 heterocycles. The van der Waals surface area contributed by atoms with Crippen molar-refractivity contribution in [2.24, 2.45) is 0 Å². The molecular formula is C16H16FNO2. The van der Waals surface area contributed by atoms with E-state index in [9.17, 15) is 4.39 Å². The number of rotatable bonds is 3. The van der Waals surface area contributed by atoms with Gasteiger partial charge in [0, 0.05) is 17.5 Å². The van der Waals surface area contributed by atoms with Crippen molar-refractivity contribution in [1.82, 2.24) is 0 Å². The van der Waals surface area contributed by atoms with Gasteiger partial charge in [-0.3, -0.25) is 0 Å². The first kappa shape index (κ1) is 12.8. The zero-order chi connectivity index (χ0) is 13.9. The van der Waals surface area contributed by atoms with Gasteiger partial charge in [-0.05, 0) is 24.6 Å². The number of nitrogen functional groups attached to an aromatic ring is 1. The number of fused-ring (bicyclic) bond motifs is 1. The lowest BCUT2D eigenvalue weighted by Crippen LogP contribution is -2.19. The standard InChI is InChI=1S/C16H16FNO2/c17-14-9-12(5-6-15(14)18)20-10-11-7-8-19-16-4-2-1-3-13(11)16/h1-6,9,11H,7-8,10,18H2. The Balaban J connectivity index is 1.71. The summed E-state index contributed by atoms with van der Waals surface area (Å²) in [5.74, 6) is 1.23. The summed E-state index contributed by atoms with van der Waals surface area (Å²) in [6.07, 6.45) is 0.897. The summed E-state index contributed by atoms with van der Waals surface area (Å²) in [6.45, 7) is 1.19. The van der Waals surface area contributed by atoms with Crippen molar-refractivity contribution < 1.29 is 13.9 Å². The van der Waals surface area contributed by atoms with Crippen molar-refractivity contribution in [2.45, 2.75) is 12.3 Å². The Labute approximate surface area is 117 Å². The molecule has 0 aliphatic carbocycles. The fourth-order valence-corrected chi connectivity index (χ4v) is 2.38. The molecule has 0 amide bonds. The molecule has 0 saturated carbocycles. The molecular weight excluding hydrogens is 257 g/mol. The monoisotopic (exact) mass is 273 g/mol. The number of halogens is 1. The summed E-state index contributed by atoms with van der Waals surface area (Å²) < 4.78 is 24.7. The fourth-order valence-electron chi connectivity index (χ4n) is 2.38. The van der Waals surface area contributed by atoms with Crippen LogP contribution in [0.1, 0.15) is 17.9 Å². The highest BCUT2D eigenvalue weighted by Gasteiger charge is 2.21. The van der Waals surface area contributed by atoms with Crippen molar-refractivity contribution in [1.29, 1.82) is 0 Å². The summed E-state index contributed by atoms with van der Waals surface area (Å²) in [6, 6.07) is 12.5. The molecule has 4 heteroatoms. The number of anilines is 1. The number of nitrogens with two attached hydrogens (primary N) is 1. The van der Waals surface area contributed by atoms with Crippen LogP contribution < -0.4 is 15.2 Å². The maximum atomic E-state index is 13.4. The average Bonchev–Trinajstić information content (AvgIpc) is 2.48. The summed E-state index contributed by atoms with van der Waals surface area (Å²) in [4.78, 5) is 0. The van der Waals surface area contributed by atoms with Gasteiger partial charge >= 0.3 is 0 Å². The van der Waals surface area contributed by atoms with Gasteiger partial charge in [0.25, 0.3) is 0 Å². The second-order valence-electron chi connectivity index (χ2n) is 4.87. The fraction of sp³-hybridized carbons (Fsp3) is 0.250. The van der Waals surface area contributed by atoms with Gasteiger partial charge in [-0.1, -0.05) is 18.2 Å². The third kappa shape index (κ3) is 2.54. The summed E-state index contributed by atoms with van der Waals surface area (Å²) >= 11 is 0. The van der Waals surface area contributed by atoms with Gasteiger partial charge in [0.05, 0.1) is 18.9 Å². The van der Waals surface area contributed by atoms with E-state index >= 15 is 0 Å². The van der Waals surface area contributed by atoms with Gasteiger partial charge in [0.15, 0.2) is 0 Å². The number of ether oxygens (including phenoxy) is 2. The summed E-state index contributed by atoms with van der Waals surface area (Å²) in [7, 11) is 0. The van der Waals surface area contributed by atoms with Crippen molar-refractivity contribution in [2.75, 3.05) is 18.9 Å². The third-order valence-electron chi connectivity index (χ3n) is 3.51. The predicted octanol–water partition coefficient (Wildman–Crippen LogP) is 3.35. The molecule has 3 nitrogen and oxygen atoms in total. The first-order chi connectivity index (χ1) is 9.74. The molecule has 2 aromatic rings. The molecule has 3 rings (SSSR count). The van der Waals surface area contributed by atoms with E-state index in [2.05, 4.69) is 0 Å². The Morgan fingerprint density at radius 3 is 2.95 bits per heavy atom. The number of benzene rings is 2. The largest absolute Gasteiger partial charge is 0.493 e. The second kappa shape index (κ2) is 5.41. The number of hydrogen-bond acceptors (Lipinski definition) is 3. The third-order valence-corrected chi connectivity index (χ3v) is 3.51. The highest BCUT2D eigenvalue weighted by Crippen LogP contribution is 2.33. The van der Waals surface area contributed by atoms with E-state index in [1.54, 1.807) is 6.07 Å². The van der Waals surface area contributed by atoms with Crippen LogP contribution in [0.3, 0.4) is 0 Å². The average molecular weight is 273 g/mol. The Morgan fingerprint density at radius 2 is 2.10 bits per heavy atom. The van der Waals surface area contributed by atoms with Gasteiger partial charge in [0.1, 0.15) is 17.3 Å². The van der Waals surface area contributed by atoms with E-state index in [4.69, 9.17) is 15.2 Å². The van der Waals surface area contributed by atoms with Gasteiger partial charge in [-0.15, -0.1) is 0 Å². The van der Waals surface area contributed by atoms with E-state index in [1.165, 1.54) is 12.1 Å². The van der Waals surface area contributed by atoms with Crippen molar-refractivity contribution in [3.05, 3.63) is 53.8 Å². The molecule has 20 heavy (non-hydrogen) atoms. The number of hydrogen-bond donors (Lipinski definition) is 1. The first-order valence-corrected chi connectivity index (χ1v) is 6.63. The molecule has 2 aromatic carbocycles. The predicted molar refractivity (Wildman–Crippen MR) is 75.6 cm³/mol. The van der Waals surface area contributed by atoms with Crippen LogP contribution >= 0.6 is 0 Å². The lowest BCUT2D eigenvalue weighted by atomic mass is 9.94. The van der Waals surface area contributed by atoms with Crippen LogP contribution in [0.4, 0.5) is 10.1 Å². The minimum atomic E-state index is -0.449. The van der Waals surface area contributed by atoms with E-state index in [0.29, 0.717) is 19.0 Å². The van der Waals surface area contributed by atoms with Crippen molar-refractivity contribution >= 4 is 5.69 Å². The Hall–Kier alpha value is -2.23. The Bertz CT molecular complexity index is 615. The highest BCUT2D eigenvalue weighted by molar-refractivity contribution is 5.43. The molecule has 104 valence electrons. The normalized spacial score (nSPS) is 17.1. The second-order valence-corrected chi connectivity index (χ2v) is 4.87. The molecule has 0 bridgehead atoms. The molecule has 2 N–H and O–H groups in total. The Morgan fingerprint density at radius 1 is 1.25 bits per heavy atom. The molecule has 0 radical (unpaired) electrons.